The molecule has 1 atom stereocenters. The van der Waals surface area contributed by atoms with Gasteiger partial charge in [0.1, 0.15) is 23.8 Å². The van der Waals surface area contributed by atoms with E-state index in [4.69, 9.17) is 14.2 Å². The van der Waals surface area contributed by atoms with Crippen LogP contribution in [0.15, 0.2) is 66.7 Å². The summed E-state index contributed by atoms with van der Waals surface area (Å²) in [4.78, 5) is 0. The molecule has 0 bridgehead atoms. The normalized spacial score (nSPS) is 14.5. The van der Waals surface area contributed by atoms with Crippen molar-refractivity contribution in [3.63, 3.8) is 0 Å². The van der Waals surface area contributed by atoms with Crippen LogP contribution in [0.5, 0.6) is 11.5 Å². The van der Waals surface area contributed by atoms with E-state index in [1.165, 1.54) is 37.4 Å². The molecule has 0 spiro atoms. The number of aryl methyl sites for hydroxylation is 1. The van der Waals surface area contributed by atoms with Crippen LogP contribution in [0.4, 0.5) is 0 Å². The maximum Gasteiger partial charge on any atom is 0.162 e. The largest absolute Gasteiger partial charge is 0.504 e. The maximum atomic E-state index is 11.6. The van der Waals surface area contributed by atoms with Crippen molar-refractivity contribution in [3.05, 3.63) is 103 Å². The summed E-state index contributed by atoms with van der Waals surface area (Å²) in [5.41, 5.74) is 4.09. The van der Waals surface area contributed by atoms with Crippen molar-refractivity contribution in [1.82, 2.24) is 0 Å². The van der Waals surface area contributed by atoms with Gasteiger partial charge in [-0.15, -0.1) is 0 Å². The van der Waals surface area contributed by atoms with Gasteiger partial charge in [-0.1, -0.05) is 88.2 Å². The summed E-state index contributed by atoms with van der Waals surface area (Å²) in [7, 11) is 3.44. The number of para-hydroxylation sites is 1. The van der Waals surface area contributed by atoms with Crippen LogP contribution in [0.1, 0.15) is 75.1 Å². The molecular weight excluding hydrogens is 598 g/mol. The molecule has 3 aromatic rings. The molecule has 0 amide bonds. The van der Waals surface area contributed by atoms with Gasteiger partial charge in [0.15, 0.2) is 11.5 Å². The van der Waals surface area contributed by atoms with Gasteiger partial charge in [0.2, 0.25) is 0 Å². The average Bonchev–Trinajstić information content (AvgIpc) is 2.91. The zero-order chi connectivity index (χ0) is 29.8. The number of hydrogen-bond acceptors (Lipinski definition) is 4. The van der Waals surface area contributed by atoms with E-state index < -0.39 is 7.92 Å². The molecule has 0 saturated carbocycles. The maximum absolute atomic E-state index is 11.6. The van der Waals surface area contributed by atoms with Crippen LogP contribution < -0.4 is 20.7 Å². The van der Waals surface area contributed by atoms with E-state index in [0.717, 1.165) is 38.6 Å². The fraction of sp³-hybridized carbons (Fsp3) is 0.405. The summed E-state index contributed by atoms with van der Waals surface area (Å²) < 4.78 is 17.1. The minimum absolute atomic E-state index is 0. The standard InChI is InChI=1S/C28H35O4P.C8H13.CH3.Ni/c1-19-11-8-15-23(32-7)26(19)33(24-16-10-14-22(25(24)29)28(2,3)4)27-20(17-30-5)12-9-13-21(27)18-31-6;1-2-4-6-8-7-5-3-1;;/h8-16,29H,17-18H2,1-7H3;1-2,7H,3-6,8H2;1H3;/q;-1;+1;/p+1/b;2-1-;;. The van der Waals surface area contributed by atoms with Crippen molar-refractivity contribution in [3.8, 4) is 11.5 Å². The van der Waals surface area contributed by atoms with Gasteiger partial charge in [-0.2, -0.15) is 12.8 Å². The summed E-state index contributed by atoms with van der Waals surface area (Å²) in [5, 5.41) is 14.9. The molecule has 4 rings (SSSR count). The first-order valence-electron chi connectivity index (χ1n) is 14.6. The molecule has 1 N–H and O–H groups in total. The third kappa shape index (κ3) is 10.4. The molecule has 1 aliphatic rings. The van der Waals surface area contributed by atoms with Crippen molar-refractivity contribution in [2.75, 3.05) is 21.3 Å². The van der Waals surface area contributed by atoms with E-state index in [-0.39, 0.29) is 29.3 Å². The predicted octanol–water partition coefficient (Wildman–Crippen LogP) is 7.95. The summed E-state index contributed by atoms with van der Waals surface area (Å²) in [6.07, 6.45) is 13.5. The Hall–Kier alpha value is -2.29. The van der Waals surface area contributed by atoms with E-state index in [0.29, 0.717) is 19.0 Å². The summed E-state index contributed by atoms with van der Waals surface area (Å²) >= 11 is 0. The second-order valence-corrected chi connectivity index (χ2v) is 13.9. The quantitative estimate of drug-likeness (QED) is 0.116. The minimum Gasteiger partial charge on any atom is -0.504 e. The molecule has 0 fully saturated rings. The number of ether oxygens (including phenoxy) is 3. The first-order valence-corrected chi connectivity index (χ1v) is 16.1. The molecule has 6 heteroatoms. The van der Waals surface area contributed by atoms with Gasteiger partial charge in [-0.3, -0.25) is 0 Å². The molecule has 0 heterocycles. The number of allylic oxidation sites excluding steroid dienone is 2. The number of rotatable bonds is 8. The molecule has 0 aromatic heterocycles. The molecule has 43 heavy (non-hydrogen) atoms. The van der Waals surface area contributed by atoms with E-state index >= 15 is 0 Å². The molecule has 3 aromatic carbocycles. The van der Waals surface area contributed by atoms with Gasteiger partial charge in [0, 0.05) is 54.8 Å². The monoisotopic (exact) mass is 649 g/mol. The molecule has 0 aliphatic heterocycles. The minimum atomic E-state index is -1.70. The SMILES string of the molecule is C1=C\CCC[CH-]CC/1.COCc1cccc(COC)c1[PH+](c1cccc(C(C)(C)C)c1O)c1c(C)cccc1OC.[CH3+].[Ni]. The molecule has 0 saturated heterocycles. The second kappa shape index (κ2) is 19.2. The zero-order valence-corrected chi connectivity index (χ0v) is 29.4. The zero-order valence-electron chi connectivity index (χ0n) is 27.4. The number of benzene rings is 3. The third-order valence-electron chi connectivity index (χ3n) is 7.39. The molecule has 1 unspecified atom stereocenters. The van der Waals surface area contributed by atoms with Crippen LogP contribution in [-0.2, 0) is 44.6 Å². The van der Waals surface area contributed by atoms with Crippen LogP contribution >= 0.6 is 7.92 Å². The fourth-order valence-corrected chi connectivity index (χ4v) is 8.66. The van der Waals surface area contributed by atoms with Gasteiger partial charge in [-0.05, 0) is 36.5 Å². The number of aromatic hydroxyl groups is 1. The van der Waals surface area contributed by atoms with Crippen LogP contribution in [0.2, 0.25) is 0 Å². The topological polar surface area (TPSA) is 47.9 Å². The van der Waals surface area contributed by atoms with Gasteiger partial charge in [0.05, 0.1) is 20.3 Å². The summed E-state index contributed by atoms with van der Waals surface area (Å²) in [6.45, 7) is 9.46. The van der Waals surface area contributed by atoms with Crippen molar-refractivity contribution in [2.24, 2.45) is 0 Å². The predicted molar refractivity (Wildman–Crippen MR) is 183 cm³/mol. The summed E-state index contributed by atoms with van der Waals surface area (Å²) in [6, 6.07) is 18.5. The Kier molecular flexibility index (Phi) is 17.3. The van der Waals surface area contributed by atoms with Gasteiger partial charge >= 0.3 is 0 Å². The number of phenols is 1. The van der Waals surface area contributed by atoms with E-state index in [1.54, 1.807) is 21.3 Å². The van der Waals surface area contributed by atoms with Crippen molar-refractivity contribution in [2.45, 2.75) is 78.4 Å². The first-order chi connectivity index (χ1) is 19.7. The Morgan fingerprint density at radius 1 is 0.814 bits per heavy atom. The number of phenolic OH excluding ortho intramolecular Hbond substituents is 1. The van der Waals surface area contributed by atoms with Crippen molar-refractivity contribution < 1.29 is 35.8 Å². The molecule has 1 aliphatic carbocycles. The van der Waals surface area contributed by atoms with Gasteiger partial charge in [-0.25, -0.2) is 0 Å². The Labute approximate surface area is 272 Å². The molecule has 238 valence electrons. The van der Waals surface area contributed by atoms with E-state index in [1.807, 2.05) is 24.3 Å². The Morgan fingerprint density at radius 2 is 1.42 bits per heavy atom. The fourth-order valence-electron chi connectivity index (χ4n) is 5.38. The summed E-state index contributed by atoms with van der Waals surface area (Å²) in [5.74, 6) is 1.19. The molecule has 0 radical (unpaired) electrons. The van der Waals surface area contributed by atoms with Crippen molar-refractivity contribution in [1.29, 1.82) is 0 Å². The second-order valence-electron chi connectivity index (χ2n) is 11.6. The first kappa shape index (κ1) is 38.7. The molecular formula is C37H52NiO4P+. The van der Waals surface area contributed by atoms with E-state index in [9.17, 15) is 5.11 Å². The Balaban J connectivity index is 0.000000802. The van der Waals surface area contributed by atoms with Crippen LogP contribution in [0.3, 0.4) is 0 Å². The van der Waals surface area contributed by atoms with Gasteiger partial charge < -0.3 is 25.7 Å². The number of hydrogen-bond donors (Lipinski definition) is 1. The Bertz CT molecular complexity index is 1250. The van der Waals surface area contributed by atoms with Gasteiger partial charge in [0.25, 0.3) is 0 Å². The number of methoxy groups -OCH3 is 3. The van der Waals surface area contributed by atoms with Crippen LogP contribution in [0, 0.1) is 20.8 Å². The third-order valence-corrected chi connectivity index (χ3v) is 10.6. The molecule has 4 nitrogen and oxygen atoms in total. The average molecular weight is 650 g/mol. The van der Waals surface area contributed by atoms with E-state index in [2.05, 4.69) is 76.6 Å². The van der Waals surface area contributed by atoms with Crippen LogP contribution in [0.25, 0.3) is 0 Å². The Morgan fingerprint density at radius 3 is 2.02 bits per heavy atom. The van der Waals surface area contributed by atoms with Crippen molar-refractivity contribution >= 4 is 23.8 Å². The van der Waals surface area contributed by atoms with Crippen LogP contribution in [-0.4, -0.2) is 26.4 Å². The smallest absolute Gasteiger partial charge is 0.162 e.